The van der Waals surface area contributed by atoms with Crippen molar-refractivity contribution in [2.75, 3.05) is 0 Å². The molecule has 0 aliphatic rings. The first-order chi connectivity index (χ1) is 7.15. The van der Waals surface area contributed by atoms with Crippen molar-refractivity contribution in [2.45, 2.75) is 26.0 Å². The maximum absolute atomic E-state index is 11.3. The molecule has 0 aromatic heterocycles. The third-order valence-electron chi connectivity index (χ3n) is 2.07. The number of carbonyl (C=O) groups is 1. The second-order valence-electron chi connectivity index (χ2n) is 3.21. The summed E-state index contributed by atoms with van der Waals surface area (Å²) >= 11 is 5.90. The van der Waals surface area contributed by atoms with Gasteiger partial charge in [0.2, 0.25) is 0 Å². The average Bonchev–Trinajstić information content (AvgIpc) is 2.26. The molecule has 2 N–H and O–H groups in total. The van der Waals surface area contributed by atoms with Gasteiger partial charge in [0, 0.05) is 10.6 Å². The molecule has 1 aromatic carbocycles. The van der Waals surface area contributed by atoms with E-state index in [1.54, 1.807) is 6.07 Å². The molecule has 1 atom stereocenters. The first-order valence-corrected chi connectivity index (χ1v) is 5.18. The molecule has 0 spiro atoms. The average molecular weight is 228 g/mol. The van der Waals surface area contributed by atoms with Gasteiger partial charge in [0.15, 0.2) is 0 Å². The number of esters is 1. The van der Waals surface area contributed by atoms with Crippen LogP contribution in [0.5, 0.6) is 0 Å². The van der Waals surface area contributed by atoms with E-state index >= 15 is 0 Å². The fourth-order valence-corrected chi connectivity index (χ4v) is 1.23. The minimum absolute atomic E-state index is 0.173. The lowest BCUT2D eigenvalue weighted by molar-refractivity contribution is -0.146. The minimum Gasteiger partial charge on any atom is -0.460 e. The third-order valence-corrected chi connectivity index (χ3v) is 2.44. The summed E-state index contributed by atoms with van der Waals surface area (Å²) in [4.78, 5) is 11.3. The van der Waals surface area contributed by atoms with Crippen molar-refractivity contribution in [3.05, 3.63) is 34.9 Å². The Morgan fingerprint density at radius 3 is 2.80 bits per heavy atom. The summed E-state index contributed by atoms with van der Waals surface area (Å²) in [6.07, 6.45) is 0.571. The fraction of sp³-hybridized carbons (Fsp3) is 0.364. The van der Waals surface area contributed by atoms with Crippen molar-refractivity contribution in [3.63, 3.8) is 0 Å². The zero-order valence-electron chi connectivity index (χ0n) is 8.57. The first kappa shape index (κ1) is 12.0. The molecule has 3 nitrogen and oxygen atoms in total. The van der Waals surface area contributed by atoms with Crippen LogP contribution >= 0.6 is 11.6 Å². The van der Waals surface area contributed by atoms with Gasteiger partial charge in [-0.05, 0) is 12.5 Å². The zero-order valence-corrected chi connectivity index (χ0v) is 9.33. The van der Waals surface area contributed by atoms with E-state index in [9.17, 15) is 4.79 Å². The van der Waals surface area contributed by atoms with Gasteiger partial charge in [-0.2, -0.15) is 0 Å². The van der Waals surface area contributed by atoms with E-state index in [2.05, 4.69) is 0 Å². The second kappa shape index (κ2) is 5.73. The molecule has 0 bridgehead atoms. The van der Waals surface area contributed by atoms with Crippen LogP contribution in [0.1, 0.15) is 18.9 Å². The van der Waals surface area contributed by atoms with Crippen LogP contribution in [0.15, 0.2) is 24.3 Å². The van der Waals surface area contributed by atoms with E-state index in [0.29, 0.717) is 11.4 Å². The molecule has 0 unspecified atom stereocenters. The number of hydrogen-bond acceptors (Lipinski definition) is 3. The van der Waals surface area contributed by atoms with Crippen molar-refractivity contribution in [1.82, 2.24) is 0 Å². The fourth-order valence-electron chi connectivity index (χ4n) is 1.04. The number of halogens is 1. The highest BCUT2D eigenvalue weighted by molar-refractivity contribution is 6.31. The smallest absolute Gasteiger partial charge is 0.323 e. The molecule has 1 aromatic rings. The number of nitrogens with two attached hydrogens (primary N) is 1. The first-order valence-electron chi connectivity index (χ1n) is 4.80. The van der Waals surface area contributed by atoms with Crippen LogP contribution < -0.4 is 5.73 Å². The number of carbonyl (C=O) groups excluding carboxylic acids is 1. The molecule has 0 saturated heterocycles. The lowest BCUT2D eigenvalue weighted by Crippen LogP contribution is -2.31. The highest BCUT2D eigenvalue weighted by atomic mass is 35.5. The van der Waals surface area contributed by atoms with Gasteiger partial charge in [-0.3, -0.25) is 4.79 Å². The van der Waals surface area contributed by atoms with E-state index in [1.807, 2.05) is 25.1 Å². The quantitative estimate of drug-likeness (QED) is 0.802. The molecule has 4 heteroatoms. The van der Waals surface area contributed by atoms with Crippen LogP contribution in [0, 0.1) is 0 Å². The van der Waals surface area contributed by atoms with Gasteiger partial charge in [0.05, 0.1) is 0 Å². The Bertz CT molecular complexity index is 341. The van der Waals surface area contributed by atoms with Crippen LogP contribution in [-0.4, -0.2) is 12.0 Å². The molecule has 0 aliphatic heterocycles. The molecular weight excluding hydrogens is 214 g/mol. The van der Waals surface area contributed by atoms with Crippen LogP contribution in [0.4, 0.5) is 0 Å². The Labute approximate surface area is 94.2 Å². The molecule has 0 radical (unpaired) electrons. The van der Waals surface area contributed by atoms with Gasteiger partial charge < -0.3 is 10.5 Å². The topological polar surface area (TPSA) is 52.3 Å². The van der Waals surface area contributed by atoms with Crippen molar-refractivity contribution in [3.8, 4) is 0 Å². The minimum atomic E-state index is -0.549. The Hall–Kier alpha value is -1.06. The van der Waals surface area contributed by atoms with Gasteiger partial charge in [-0.1, -0.05) is 36.7 Å². The lowest BCUT2D eigenvalue weighted by Gasteiger charge is -2.09. The monoisotopic (exact) mass is 227 g/mol. The maximum Gasteiger partial charge on any atom is 0.323 e. The number of benzene rings is 1. The summed E-state index contributed by atoms with van der Waals surface area (Å²) in [6.45, 7) is 2.01. The number of rotatable bonds is 4. The van der Waals surface area contributed by atoms with Crippen molar-refractivity contribution < 1.29 is 9.53 Å². The Morgan fingerprint density at radius 1 is 1.53 bits per heavy atom. The maximum atomic E-state index is 11.3. The summed E-state index contributed by atoms with van der Waals surface area (Å²) in [5, 5.41) is 0.593. The van der Waals surface area contributed by atoms with Gasteiger partial charge >= 0.3 is 5.97 Å². The Morgan fingerprint density at radius 2 is 2.20 bits per heavy atom. The molecule has 0 amide bonds. The SMILES string of the molecule is CC[C@@H](N)C(=O)OCc1ccccc1Cl. The van der Waals surface area contributed by atoms with Crippen molar-refractivity contribution in [1.29, 1.82) is 0 Å². The predicted octanol–water partition coefficient (Wildman–Crippen LogP) is 2.12. The summed E-state index contributed by atoms with van der Waals surface area (Å²) < 4.78 is 5.01. The van der Waals surface area contributed by atoms with Gasteiger partial charge in [0.1, 0.15) is 12.6 Å². The highest BCUT2D eigenvalue weighted by Crippen LogP contribution is 2.15. The standard InChI is InChI=1S/C11H14ClNO2/c1-2-10(13)11(14)15-7-8-5-3-4-6-9(8)12/h3-6,10H,2,7,13H2,1H3/t10-/m1/s1. The molecular formula is C11H14ClNO2. The summed E-state index contributed by atoms with van der Waals surface area (Å²) in [5.74, 6) is -0.391. The van der Waals surface area contributed by atoms with E-state index in [-0.39, 0.29) is 6.61 Å². The van der Waals surface area contributed by atoms with Gasteiger partial charge in [-0.15, -0.1) is 0 Å². The molecule has 82 valence electrons. The van der Waals surface area contributed by atoms with Gasteiger partial charge in [0.25, 0.3) is 0 Å². The Balaban J connectivity index is 2.51. The molecule has 0 saturated carbocycles. The van der Waals surface area contributed by atoms with Gasteiger partial charge in [-0.25, -0.2) is 0 Å². The van der Waals surface area contributed by atoms with Crippen molar-refractivity contribution >= 4 is 17.6 Å². The number of ether oxygens (including phenoxy) is 1. The summed E-state index contributed by atoms with van der Waals surface area (Å²) in [6, 6.07) is 6.69. The summed E-state index contributed by atoms with van der Waals surface area (Å²) in [5.41, 5.74) is 6.30. The number of hydrogen-bond donors (Lipinski definition) is 1. The van der Waals surface area contributed by atoms with E-state index in [1.165, 1.54) is 0 Å². The molecule has 1 rings (SSSR count). The molecule has 0 aliphatic carbocycles. The highest BCUT2D eigenvalue weighted by Gasteiger charge is 2.12. The molecule has 15 heavy (non-hydrogen) atoms. The Kier molecular flexibility index (Phi) is 4.59. The van der Waals surface area contributed by atoms with Crippen molar-refractivity contribution in [2.24, 2.45) is 5.73 Å². The van der Waals surface area contributed by atoms with E-state index in [0.717, 1.165) is 5.56 Å². The largest absolute Gasteiger partial charge is 0.460 e. The molecule has 0 fully saturated rings. The van der Waals surface area contributed by atoms with Crippen LogP contribution in [0.2, 0.25) is 5.02 Å². The molecule has 0 heterocycles. The normalized spacial score (nSPS) is 12.2. The second-order valence-corrected chi connectivity index (χ2v) is 3.62. The van der Waals surface area contributed by atoms with Crippen LogP contribution in [0.3, 0.4) is 0 Å². The van der Waals surface area contributed by atoms with E-state index in [4.69, 9.17) is 22.1 Å². The van der Waals surface area contributed by atoms with E-state index < -0.39 is 12.0 Å². The van der Waals surface area contributed by atoms with Crippen LogP contribution in [-0.2, 0) is 16.1 Å². The van der Waals surface area contributed by atoms with Crippen LogP contribution in [0.25, 0.3) is 0 Å². The third kappa shape index (κ3) is 3.53. The zero-order chi connectivity index (χ0) is 11.3. The lowest BCUT2D eigenvalue weighted by atomic mass is 10.2. The predicted molar refractivity (Wildman–Crippen MR) is 59.5 cm³/mol. The summed E-state index contributed by atoms with van der Waals surface area (Å²) in [7, 11) is 0.